The number of rotatable bonds is 3. The summed E-state index contributed by atoms with van der Waals surface area (Å²) in [6.45, 7) is 0. The van der Waals surface area contributed by atoms with Crippen molar-refractivity contribution in [1.29, 1.82) is 0 Å². The molecule has 4 atom stereocenters. The Kier molecular flexibility index (Phi) is 4.16. The van der Waals surface area contributed by atoms with E-state index in [0.717, 1.165) is 12.7 Å². The quantitative estimate of drug-likeness (QED) is 0.515. The van der Waals surface area contributed by atoms with Gasteiger partial charge in [-0.25, -0.2) is 0 Å². The van der Waals surface area contributed by atoms with E-state index in [-0.39, 0.29) is 23.5 Å². The minimum Gasteiger partial charge on any atom is -0.379 e. The van der Waals surface area contributed by atoms with Gasteiger partial charge >= 0.3 is 0 Å². The molecule has 76 valence electrons. The Balaban J connectivity index is 2.67. The lowest BCUT2D eigenvalue weighted by Gasteiger charge is -2.35. The predicted octanol–water partition coefficient (Wildman–Crippen LogP) is 1.23. The number of hydrogen-bond acceptors (Lipinski definition) is 3. The van der Waals surface area contributed by atoms with Gasteiger partial charge in [-0.1, -0.05) is 0 Å². The van der Waals surface area contributed by atoms with E-state index in [1.54, 1.807) is 14.2 Å². The zero-order valence-corrected chi connectivity index (χ0v) is 8.66. The van der Waals surface area contributed by atoms with Gasteiger partial charge in [0.2, 0.25) is 0 Å². The van der Waals surface area contributed by atoms with E-state index >= 15 is 0 Å². The molecule has 0 spiro atoms. The Morgan fingerprint density at radius 1 is 1.31 bits per heavy atom. The number of methoxy groups -OCH3 is 2. The molecule has 0 aromatic heterocycles. The molecule has 0 N–H and O–H groups in total. The summed E-state index contributed by atoms with van der Waals surface area (Å²) in [6, 6.07) is 0. The molecule has 0 aliphatic heterocycles. The highest BCUT2D eigenvalue weighted by Gasteiger charge is 2.37. The molecule has 1 rings (SSSR count). The van der Waals surface area contributed by atoms with Crippen LogP contribution in [0.5, 0.6) is 0 Å². The van der Waals surface area contributed by atoms with Crippen LogP contribution in [0, 0.1) is 5.92 Å². The molecule has 0 aromatic carbocycles. The molecule has 1 saturated carbocycles. The molecule has 13 heavy (non-hydrogen) atoms. The van der Waals surface area contributed by atoms with E-state index in [1.807, 2.05) is 0 Å². The van der Waals surface area contributed by atoms with Crippen molar-refractivity contribution >= 4 is 17.9 Å². The Morgan fingerprint density at radius 2 is 2.00 bits per heavy atom. The van der Waals surface area contributed by atoms with Crippen molar-refractivity contribution in [3.8, 4) is 0 Å². The smallest absolute Gasteiger partial charge is 0.125 e. The Bertz CT molecular complexity index is 174. The molecular formula is C9H15ClO3. The Hall–Kier alpha value is -0.120. The first-order valence-corrected chi connectivity index (χ1v) is 4.81. The van der Waals surface area contributed by atoms with Gasteiger partial charge in [-0.15, -0.1) is 11.6 Å². The van der Waals surface area contributed by atoms with Crippen LogP contribution in [-0.2, 0) is 14.3 Å². The van der Waals surface area contributed by atoms with E-state index < -0.39 is 0 Å². The summed E-state index contributed by atoms with van der Waals surface area (Å²) in [6.07, 6.45) is 2.15. The van der Waals surface area contributed by atoms with Gasteiger partial charge in [-0.3, -0.25) is 0 Å². The lowest BCUT2D eigenvalue weighted by Crippen LogP contribution is -2.44. The maximum Gasteiger partial charge on any atom is 0.125 e. The molecule has 0 heterocycles. The number of carbonyl (C=O) groups is 1. The summed E-state index contributed by atoms with van der Waals surface area (Å²) in [7, 11) is 3.22. The van der Waals surface area contributed by atoms with E-state index in [9.17, 15) is 4.79 Å². The van der Waals surface area contributed by atoms with Crippen molar-refractivity contribution in [2.45, 2.75) is 30.4 Å². The maximum atomic E-state index is 10.7. The minimum absolute atomic E-state index is 0.0200. The fraction of sp³-hybridized carbons (Fsp3) is 0.889. The summed E-state index contributed by atoms with van der Waals surface area (Å²) in [5.74, 6) is -0.133. The van der Waals surface area contributed by atoms with E-state index in [2.05, 4.69) is 0 Å². The average molecular weight is 207 g/mol. The third kappa shape index (κ3) is 2.42. The first-order valence-electron chi connectivity index (χ1n) is 4.37. The molecule has 1 aliphatic carbocycles. The van der Waals surface area contributed by atoms with Gasteiger partial charge in [0, 0.05) is 25.5 Å². The van der Waals surface area contributed by atoms with Gasteiger partial charge < -0.3 is 14.3 Å². The molecule has 0 radical (unpaired) electrons. The molecule has 0 bridgehead atoms. The molecule has 0 aromatic rings. The van der Waals surface area contributed by atoms with Crippen molar-refractivity contribution in [3.05, 3.63) is 0 Å². The van der Waals surface area contributed by atoms with Gasteiger partial charge in [0.25, 0.3) is 0 Å². The largest absolute Gasteiger partial charge is 0.379 e. The summed E-state index contributed by atoms with van der Waals surface area (Å²) >= 11 is 5.99. The van der Waals surface area contributed by atoms with Crippen LogP contribution in [0.15, 0.2) is 0 Å². The molecule has 4 heteroatoms. The first-order chi connectivity index (χ1) is 6.22. The fourth-order valence-electron chi connectivity index (χ4n) is 1.88. The summed E-state index contributed by atoms with van der Waals surface area (Å²) < 4.78 is 10.5. The summed E-state index contributed by atoms with van der Waals surface area (Å²) in [5, 5.41) is 0.0200. The molecule has 3 nitrogen and oxygen atoms in total. The number of ether oxygens (including phenoxy) is 2. The van der Waals surface area contributed by atoms with Crippen LogP contribution in [0.4, 0.5) is 0 Å². The monoisotopic (exact) mass is 206 g/mol. The zero-order valence-electron chi connectivity index (χ0n) is 7.90. The van der Waals surface area contributed by atoms with Crippen LogP contribution >= 0.6 is 11.6 Å². The minimum atomic E-state index is -0.141. The number of halogens is 1. The van der Waals surface area contributed by atoms with Crippen molar-refractivity contribution < 1.29 is 14.3 Å². The number of hydrogen-bond donors (Lipinski definition) is 0. The molecule has 0 amide bonds. The SMILES string of the molecule is COC1CC(Cl)CC(C=O)C1OC. The molecule has 1 aliphatic rings. The Labute approximate surface area is 83.3 Å². The van der Waals surface area contributed by atoms with Crippen molar-refractivity contribution in [1.82, 2.24) is 0 Å². The standard InChI is InChI=1S/C9H15ClO3/c1-12-8-4-7(10)3-6(5-11)9(8)13-2/h5-9H,3-4H2,1-2H3. The van der Waals surface area contributed by atoms with Gasteiger partial charge in [-0.05, 0) is 12.8 Å². The number of alkyl halides is 1. The zero-order chi connectivity index (χ0) is 9.84. The second kappa shape index (κ2) is 4.94. The second-order valence-electron chi connectivity index (χ2n) is 3.34. The predicted molar refractivity (Wildman–Crippen MR) is 50.0 cm³/mol. The van der Waals surface area contributed by atoms with E-state index in [4.69, 9.17) is 21.1 Å². The van der Waals surface area contributed by atoms with Crippen LogP contribution in [0.1, 0.15) is 12.8 Å². The molecule has 1 fully saturated rings. The summed E-state index contributed by atoms with van der Waals surface area (Å²) in [5.41, 5.74) is 0. The van der Waals surface area contributed by atoms with Crippen LogP contribution in [0.25, 0.3) is 0 Å². The van der Waals surface area contributed by atoms with Gasteiger partial charge in [-0.2, -0.15) is 0 Å². The maximum absolute atomic E-state index is 10.7. The van der Waals surface area contributed by atoms with Crippen molar-refractivity contribution in [3.63, 3.8) is 0 Å². The van der Waals surface area contributed by atoms with Crippen LogP contribution < -0.4 is 0 Å². The normalized spacial score (nSPS) is 40.2. The van der Waals surface area contributed by atoms with Crippen molar-refractivity contribution in [2.75, 3.05) is 14.2 Å². The lowest BCUT2D eigenvalue weighted by molar-refractivity contribution is -0.126. The van der Waals surface area contributed by atoms with Crippen molar-refractivity contribution in [2.24, 2.45) is 5.92 Å². The number of aldehydes is 1. The van der Waals surface area contributed by atoms with Gasteiger partial charge in [0.05, 0.1) is 12.2 Å². The lowest BCUT2D eigenvalue weighted by atomic mass is 9.85. The van der Waals surface area contributed by atoms with Crippen LogP contribution in [0.2, 0.25) is 0 Å². The van der Waals surface area contributed by atoms with Crippen LogP contribution in [0.3, 0.4) is 0 Å². The topological polar surface area (TPSA) is 35.5 Å². The molecule has 4 unspecified atom stereocenters. The third-order valence-electron chi connectivity index (χ3n) is 2.55. The Morgan fingerprint density at radius 3 is 2.46 bits per heavy atom. The highest BCUT2D eigenvalue weighted by atomic mass is 35.5. The molecular weight excluding hydrogens is 192 g/mol. The van der Waals surface area contributed by atoms with Gasteiger partial charge in [0.1, 0.15) is 6.29 Å². The first kappa shape index (κ1) is 11.0. The fourth-order valence-corrected chi connectivity index (χ4v) is 2.26. The third-order valence-corrected chi connectivity index (χ3v) is 2.91. The second-order valence-corrected chi connectivity index (χ2v) is 3.96. The average Bonchev–Trinajstić information content (AvgIpc) is 2.16. The van der Waals surface area contributed by atoms with Crippen LogP contribution in [-0.4, -0.2) is 38.1 Å². The molecule has 0 saturated heterocycles. The number of carbonyl (C=O) groups excluding carboxylic acids is 1. The highest BCUT2D eigenvalue weighted by molar-refractivity contribution is 6.20. The summed E-state index contributed by atoms with van der Waals surface area (Å²) in [4.78, 5) is 10.7. The van der Waals surface area contributed by atoms with E-state index in [0.29, 0.717) is 6.42 Å². The van der Waals surface area contributed by atoms with E-state index in [1.165, 1.54) is 0 Å². The van der Waals surface area contributed by atoms with Gasteiger partial charge in [0.15, 0.2) is 0 Å². The highest BCUT2D eigenvalue weighted by Crippen LogP contribution is 2.30.